The fourth-order valence-electron chi connectivity index (χ4n) is 4.24. The van der Waals surface area contributed by atoms with Gasteiger partial charge in [-0.1, -0.05) is 51.4 Å². The van der Waals surface area contributed by atoms with E-state index in [1.807, 2.05) is 0 Å². The molecule has 2 aliphatic rings. The molecule has 1 heterocycles. The van der Waals surface area contributed by atoms with E-state index in [0.717, 1.165) is 12.3 Å². The summed E-state index contributed by atoms with van der Waals surface area (Å²) >= 11 is 0. The van der Waals surface area contributed by atoms with E-state index in [9.17, 15) is 0 Å². The predicted molar refractivity (Wildman–Crippen MR) is 87.2 cm³/mol. The summed E-state index contributed by atoms with van der Waals surface area (Å²) in [7, 11) is 0. The smallest absolute Gasteiger partial charge is 0.0640 e. The number of hydrogen-bond acceptors (Lipinski definition) is 2. The van der Waals surface area contributed by atoms with Gasteiger partial charge in [-0.2, -0.15) is 5.10 Å². The molecule has 0 radical (unpaired) electrons. The number of nitrogens with two attached hydrogens (primary N) is 1. The Morgan fingerprint density at radius 3 is 2.43 bits per heavy atom. The third-order valence-corrected chi connectivity index (χ3v) is 5.44. The normalized spacial score (nSPS) is 23.3. The van der Waals surface area contributed by atoms with Crippen LogP contribution < -0.4 is 5.73 Å². The Balaban J connectivity index is 1.49. The quantitative estimate of drug-likeness (QED) is 0.881. The van der Waals surface area contributed by atoms with Gasteiger partial charge in [0.25, 0.3) is 0 Å². The van der Waals surface area contributed by atoms with Gasteiger partial charge in [-0.15, -0.1) is 0 Å². The molecule has 0 amide bonds. The lowest BCUT2D eigenvalue weighted by molar-refractivity contribution is 0.313. The zero-order chi connectivity index (χ0) is 14.5. The minimum Gasteiger partial charge on any atom is -0.327 e. The van der Waals surface area contributed by atoms with Gasteiger partial charge < -0.3 is 5.73 Å². The highest BCUT2D eigenvalue weighted by Gasteiger charge is 2.19. The van der Waals surface area contributed by atoms with E-state index in [1.165, 1.54) is 76.3 Å². The molecule has 1 unspecified atom stereocenters. The van der Waals surface area contributed by atoms with Crippen molar-refractivity contribution in [3.63, 3.8) is 0 Å². The van der Waals surface area contributed by atoms with Crippen LogP contribution in [0.2, 0.25) is 0 Å². The van der Waals surface area contributed by atoms with Crippen molar-refractivity contribution >= 4 is 0 Å². The molecule has 0 spiro atoms. The van der Waals surface area contributed by atoms with Crippen LogP contribution in [0.3, 0.4) is 0 Å². The van der Waals surface area contributed by atoms with Crippen molar-refractivity contribution in [2.45, 2.75) is 89.1 Å². The zero-order valence-electron chi connectivity index (χ0n) is 13.3. The van der Waals surface area contributed by atoms with E-state index in [0.29, 0.717) is 12.1 Å². The van der Waals surface area contributed by atoms with E-state index in [1.54, 1.807) is 0 Å². The Labute approximate surface area is 129 Å². The number of nitrogens with zero attached hydrogens (tertiary/aromatic N) is 2. The van der Waals surface area contributed by atoms with Gasteiger partial charge in [0.1, 0.15) is 0 Å². The summed E-state index contributed by atoms with van der Waals surface area (Å²) in [6.07, 6.45) is 18.1. The molecule has 2 N–H and O–H groups in total. The summed E-state index contributed by atoms with van der Waals surface area (Å²) in [5.41, 5.74) is 7.57. The second-order valence-corrected chi connectivity index (χ2v) is 7.28. The molecule has 2 fully saturated rings. The molecule has 2 saturated carbocycles. The number of hydrogen-bond donors (Lipinski definition) is 1. The third-order valence-electron chi connectivity index (χ3n) is 5.44. The molecule has 1 atom stereocenters. The third kappa shape index (κ3) is 4.32. The Morgan fingerprint density at radius 1 is 1.05 bits per heavy atom. The van der Waals surface area contributed by atoms with Crippen LogP contribution in [0.15, 0.2) is 12.3 Å². The largest absolute Gasteiger partial charge is 0.327 e. The topological polar surface area (TPSA) is 43.8 Å². The van der Waals surface area contributed by atoms with Crippen molar-refractivity contribution in [2.75, 3.05) is 0 Å². The standard InChI is InChI=1S/C18H31N3/c19-16(13-15-7-3-1-4-8-15)14-17-11-12-21(20-17)18-9-5-2-6-10-18/h11-12,15-16,18H,1-10,13-14,19H2. The molecule has 118 valence electrons. The first-order chi connectivity index (χ1) is 10.3. The van der Waals surface area contributed by atoms with E-state index >= 15 is 0 Å². The Bertz CT molecular complexity index is 414. The summed E-state index contributed by atoms with van der Waals surface area (Å²) in [5, 5.41) is 4.80. The van der Waals surface area contributed by atoms with Gasteiger partial charge in [-0.05, 0) is 31.2 Å². The van der Waals surface area contributed by atoms with Crippen LogP contribution in [0.4, 0.5) is 0 Å². The lowest BCUT2D eigenvalue weighted by Crippen LogP contribution is -2.27. The second-order valence-electron chi connectivity index (χ2n) is 7.28. The molecule has 21 heavy (non-hydrogen) atoms. The van der Waals surface area contributed by atoms with Gasteiger partial charge in [-0.25, -0.2) is 0 Å². The highest BCUT2D eigenvalue weighted by Crippen LogP contribution is 2.29. The maximum atomic E-state index is 6.38. The van der Waals surface area contributed by atoms with Crippen molar-refractivity contribution < 1.29 is 0 Å². The molecule has 0 aliphatic heterocycles. The highest BCUT2D eigenvalue weighted by atomic mass is 15.3. The SMILES string of the molecule is NC(Cc1ccn(C2CCCCC2)n1)CC1CCCCC1. The molecule has 0 aromatic carbocycles. The van der Waals surface area contributed by atoms with Gasteiger partial charge in [0.05, 0.1) is 11.7 Å². The summed E-state index contributed by atoms with van der Waals surface area (Å²) in [6, 6.07) is 3.12. The van der Waals surface area contributed by atoms with Crippen LogP contribution >= 0.6 is 0 Å². The highest BCUT2D eigenvalue weighted by molar-refractivity contribution is 5.02. The monoisotopic (exact) mass is 289 g/mol. The van der Waals surface area contributed by atoms with Crippen LogP contribution in [0.25, 0.3) is 0 Å². The minimum absolute atomic E-state index is 0.294. The maximum absolute atomic E-state index is 6.38. The molecular formula is C18H31N3. The van der Waals surface area contributed by atoms with Crippen LogP contribution in [-0.4, -0.2) is 15.8 Å². The van der Waals surface area contributed by atoms with Gasteiger partial charge in [0, 0.05) is 18.7 Å². The summed E-state index contributed by atoms with van der Waals surface area (Å²) in [6.45, 7) is 0. The number of aromatic nitrogens is 2. The lowest BCUT2D eigenvalue weighted by atomic mass is 9.84. The Morgan fingerprint density at radius 2 is 1.71 bits per heavy atom. The van der Waals surface area contributed by atoms with E-state index in [4.69, 9.17) is 10.8 Å². The molecule has 3 nitrogen and oxygen atoms in total. The average Bonchev–Trinajstić information content (AvgIpc) is 2.97. The molecule has 2 aliphatic carbocycles. The first-order valence-corrected chi connectivity index (χ1v) is 9.11. The zero-order valence-corrected chi connectivity index (χ0v) is 13.3. The first-order valence-electron chi connectivity index (χ1n) is 9.11. The molecule has 3 rings (SSSR count). The van der Waals surface area contributed by atoms with Crippen molar-refractivity contribution in [1.29, 1.82) is 0 Å². The summed E-state index contributed by atoms with van der Waals surface area (Å²) < 4.78 is 2.21. The summed E-state index contributed by atoms with van der Waals surface area (Å²) in [4.78, 5) is 0. The molecule has 0 saturated heterocycles. The number of rotatable bonds is 5. The van der Waals surface area contributed by atoms with Crippen molar-refractivity contribution in [1.82, 2.24) is 9.78 Å². The van der Waals surface area contributed by atoms with Gasteiger partial charge in [0.15, 0.2) is 0 Å². The predicted octanol–water partition coefficient (Wildman–Crippen LogP) is 4.23. The maximum Gasteiger partial charge on any atom is 0.0640 e. The van der Waals surface area contributed by atoms with Gasteiger partial charge in [-0.3, -0.25) is 4.68 Å². The van der Waals surface area contributed by atoms with Crippen LogP contribution in [0.5, 0.6) is 0 Å². The Hall–Kier alpha value is -0.830. The minimum atomic E-state index is 0.294. The van der Waals surface area contributed by atoms with Crippen molar-refractivity contribution in [3.8, 4) is 0 Å². The first kappa shape index (κ1) is 15.1. The van der Waals surface area contributed by atoms with Crippen LogP contribution in [0.1, 0.15) is 82.4 Å². The summed E-state index contributed by atoms with van der Waals surface area (Å²) in [5.74, 6) is 0.870. The van der Waals surface area contributed by atoms with Crippen molar-refractivity contribution in [2.24, 2.45) is 11.7 Å². The molecule has 1 aromatic heterocycles. The lowest BCUT2D eigenvalue weighted by Gasteiger charge is -2.24. The van der Waals surface area contributed by atoms with E-state index < -0.39 is 0 Å². The van der Waals surface area contributed by atoms with E-state index in [-0.39, 0.29) is 0 Å². The molecule has 3 heteroatoms. The Kier molecular flexibility index (Phi) is 5.34. The van der Waals surface area contributed by atoms with Crippen LogP contribution in [0, 0.1) is 5.92 Å². The average molecular weight is 289 g/mol. The molecule has 0 bridgehead atoms. The van der Waals surface area contributed by atoms with Gasteiger partial charge in [0.2, 0.25) is 0 Å². The van der Waals surface area contributed by atoms with Crippen molar-refractivity contribution in [3.05, 3.63) is 18.0 Å². The fraction of sp³-hybridized carbons (Fsp3) is 0.833. The van der Waals surface area contributed by atoms with Gasteiger partial charge >= 0.3 is 0 Å². The van der Waals surface area contributed by atoms with E-state index in [2.05, 4.69) is 16.9 Å². The molecule has 1 aromatic rings. The molecular weight excluding hydrogens is 258 g/mol. The van der Waals surface area contributed by atoms with Crippen LogP contribution in [-0.2, 0) is 6.42 Å². The second kappa shape index (κ2) is 7.44. The fourth-order valence-corrected chi connectivity index (χ4v) is 4.24.